The Morgan fingerprint density at radius 1 is 1.33 bits per heavy atom. The third kappa shape index (κ3) is 4.77. The highest BCUT2D eigenvalue weighted by Crippen LogP contribution is 2.32. The summed E-state index contributed by atoms with van der Waals surface area (Å²) in [4.78, 5) is 12.4. The van der Waals surface area contributed by atoms with Crippen molar-refractivity contribution in [2.75, 3.05) is 11.9 Å². The molecule has 1 aromatic heterocycles. The molecular formula is C13H10Br2N2O2S2. The molecule has 0 unspecified atom stereocenters. The van der Waals surface area contributed by atoms with Crippen LogP contribution in [0, 0.1) is 0 Å². The van der Waals surface area contributed by atoms with Gasteiger partial charge in [-0.15, -0.1) is 11.3 Å². The van der Waals surface area contributed by atoms with Crippen molar-refractivity contribution < 1.29 is 9.53 Å². The second kappa shape index (κ2) is 7.35. The van der Waals surface area contributed by atoms with E-state index in [4.69, 9.17) is 22.7 Å². The first-order valence-corrected chi connectivity index (χ1v) is 8.54. The van der Waals surface area contributed by atoms with Gasteiger partial charge in [-0.05, 0) is 62.2 Å². The van der Waals surface area contributed by atoms with Gasteiger partial charge in [0.25, 0.3) is 5.91 Å². The van der Waals surface area contributed by atoms with Crippen LogP contribution in [0.2, 0.25) is 0 Å². The number of halogens is 2. The summed E-state index contributed by atoms with van der Waals surface area (Å²) in [5.74, 6) is 0.459. The number of nitrogens with one attached hydrogen (secondary N) is 1. The summed E-state index contributed by atoms with van der Waals surface area (Å²) < 4.78 is 7.01. The van der Waals surface area contributed by atoms with E-state index in [0.717, 1.165) is 7.57 Å². The minimum atomic E-state index is -0.180. The SMILES string of the molecule is NC(=S)COc1ccc(NC(=O)c2cc(Br)sc2Br)cc1. The van der Waals surface area contributed by atoms with Gasteiger partial charge in [0.2, 0.25) is 0 Å². The van der Waals surface area contributed by atoms with Crippen molar-refractivity contribution in [2.24, 2.45) is 5.73 Å². The smallest absolute Gasteiger partial charge is 0.257 e. The van der Waals surface area contributed by atoms with Gasteiger partial charge in [-0.3, -0.25) is 4.79 Å². The zero-order valence-electron chi connectivity index (χ0n) is 10.6. The van der Waals surface area contributed by atoms with Gasteiger partial charge in [0.05, 0.1) is 13.1 Å². The summed E-state index contributed by atoms with van der Waals surface area (Å²) in [5, 5.41) is 2.82. The number of rotatable bonds is 5. The van der Waals surface area contributed by atoms with E-state index in [1.807, 2.05) is 0 Å². The molecule has 0 aliphatic heterocycles. The molecule has 0 aliphatic rings. The number of benzene rings is 1. The Bertz CT molecular complexity index is 671. The summed E-state index contributed by atoms with van der Waals surface area (Å²) in [6.07, 6.45) is 0. The molecule has 4 nitrogen and oxygen atoms in total. The normalized spacial score (nSPS) is 10.2. The second-order valence-corrected chi connectivity index (χ2v) is 8.25. The van der Waals surface area contributed by atoms with Crippen LogP contribution in [0.25, 0.3) is 0 Å². The highest BCUT2D eigenvalue weighted by molar-refractivity contribution is 9.12. The first-order valence-electron chi connectivity index (χ1n) is 5.73. The van der Waals surface area contributed by atoms with Gasteiger partial charge in [0.1, 0.15) is 17.3 Å². The Kier molecular flexibility index (Phi) is 5.74. The molecule has 0 saturated carbocycles. The second-order valence-electron chi connectivity index (χ2n) is 3.97. The van der Waals surface area contributed by atoms with Gasteiger partial charge in [0, 0.05) is 5.69 Å². The van der Waals surface area contributed by atoms with E-state index in [1.165, 1.54) is 11.3 Å². The van der Waals surface area contributed by atoms with Crippen LogP contribution in [0.1, 0.15) is 10.4 Å². The molecular weight excluding hydrogens is 440 g/mol. The van der Waals surface area contributed by atoms with Crippen molar-refractivity contribution in [1.29, 1.82) is 0 Å². The lowest BCUT2D eigenvalue weighted by Gasteiger charge is -2.07. The summed E-state index contributed by atoms with van der Waals surface area (Å²) >= 11 is 12.9. The maximum absolute atomic E-state index is 12.1. The van der Waals surface area contributed by atoms with E-state index >= 15 is 0 Å². The monoisotopic (exact) mass is 448 g/mol. The molecule has 3 N–H and O–H groups in total. The predicted octanol–water partition coefficient (Wildman–Crippen LogP) is 4.19. The van der Waals surface area contributed by atoms with Gasteiger partial charge >= 0.3 is 0 Å². The van der Waals surface area contributed by atoms with Crippen molar-refractivity contribution in [3.8, 4) is 5.75 Å². The molecule has 110 valence electrons. The van der Waals surface area contributed by atoms with Crippen LogP contribution < -0.4 is 15.8 Å². The Hall–Kier alpha value is -0.960. The minimum absolute atomic E-state index is 0.180. The first-order chi connectivity index (χ1) is 9.95. The lowest BCUT2D eigenvalue weighted by Crippen LogP contribution is -2.17. The molecule has 0 aliphatic carbocycles. The van der Waals surface area contributed by atoms with Crippen molar-refractivity contribution >= 4 is 72.0 Å². The lowest BCUT2D eigenvalue weighted by atomic mass is 10.2. The molecule has 2 rings (SSSR count). The number of carbonyl (C=O) groups is 1. The van der Waals surface area contributed by atoms with Crippen LogP contribution in [0.4, 0.5) is 5.69 Å². The van der Waals surface area contributed by atoms with E-state index in [1.54, 1.807) is 30.3 Å². The van der Waals surface area contributed by atoms with Crippen molar-refractivity contribution in [1.82, 2.24) is 0 Å². The molecule has 21 heavy (non-hydrogen) atoms. The maximum Gasteiger partial charge on any atom is 0.257 e. The van der Waals surface area contributed by atoms with E-state index in [9.17, 15) is 4.79 Å². The van der Waals surface area contributed by atoms with Gasteiger partial charge in [-0.1, -0.05) is 12.2 Å². The Balaban J connectivity index is 2.01. The van der Waals surface area contributed by atoms with Gasteiger partial charge in [0.15, 0.2) is 0 Å². The van der Waals surface area contributed by atoms with Crippen LogP contribution in [0.5, 0.6) is 5.75 Å². The number of thiophene rings is 1. The third-order valence-electron chi connectivity index (χ3n) is 2.39. The molecule has 1 amide bonds. The molecule has 1 heterocycles. The molecule has 0 fully saturated rings. The number of anilines is 1. The summed E-state index contributed by atoms with van der Waals surface area (Å²) in [5.41, 5.74) is 6.62. The Morgan fingerprint density at radius 2 is 2.00 bits per heavy atom. The van der Waals surface area contributed by atoms with E-state index in [2.05, 4.69) is 37.2 Å². The molecule has 8 heteroatoms. The van der Waals surface area contributed by atoms with Gasteiger partial charge in [-0.2, -0.15) is 0 Å². The van der Waals surface area contributed by atoms with Crippen LogP contribution in [-0.4, -0.2) is 17.5 Å². The van der Waals surface area contributed by atoms with Crippen molar-refractivity contribution in [3.63, 3.8) is 0 Å². The van der Waals surface area contributed by atoms with Crippen LogP contribution in [0.3, 0.4) is 0 Å². The number of hydrogen-bond donors (Lipinski definition) is 2. The van der Waals surface area contributed by atoms with E-state index in [0.29, 0.717) is 22.0 Å². The van der Waals surface area contributed by atoms with Gasteiger partial charge < -0.3 is 15.8 Å². The summed E-state index contributed by atoms with van der Waals surface area (Å²) in [6, 6.07) is 8.76. The predicted molar refractivity (Wildman–Crippen MR) is 96.4 cm³/mol. The number of ether oxygens (including phenoxy) is 1. The number of carbonyl (C=O) groups excluding carboxylic acids is 1. The molecule has 1 aromatic carbocycles. The van der Waals surface area contributed by atoms with Gasteiger partial charge in [-0.25, -0.2) is 0 Å². The average Bonchev–Trinajstić information content (AvgIpc) is 2.77. The van der Waals surface area contributed by atoms with Crippen LogP contribution in [0.15, 0.2) is 37.9 Å². The number of nitrogens with two attached hydrogens (primary N) is 1. The van der Waals surface area contributed by atoms with Crippen molar-refractivity contribution in [3.05, 3.63) is 43.5 Å². The maximum atomic E-state index is 12.1. The highest BCUT2D eigenvalue weighted by atomic mass is 79.9. The fourth-order valence-corrected chi connectivity index (χ4v) is 4.33. The van der Waals surface area contributed by atoms with Crippen LogP contribution >= 0.6 is 55.4 Å². The fraction of sp³-hybridized carbons (Fsp3) is 0.0769. The summed E-state index contributed by atoms with van der Waals surface area (Å²) in [6.45, 7) is 0.191. The number of thiocarbonyl (C=S) groups is 1. The molecule has 0 saturated heterocycles. The van der Waals surface area contributed by atoms with E-state index < -0.39 is 0 Å². The average molecular weight is 450 g/mol. The largest absolute Gasteiger partial charge is 0.487 e. The molecule has 2 aromatic rings. The molecule has 0 radical (unpaired) electrons. The highest BCUT2D eigenvalue weighted by Gasteiger charge is 2.13. The number of amides is 1. The fourth-order valence-electron chi connectivity index (χ4n) is 1.48. The standard InChI is InChI=1S/C13H10Br2N2O2S2/c14-10-5-9(12(15)21-10)13(18)17-7-1-3-8(4-2-7)19-6-11(16)20/h1-5H,6H2,(H2,16,20)(H,17,18). The Labute approximate surface area is 147 Å². The topological polar surface area (TPSA) is 64.3 Å². The minimum Gasteiger partial charge on any atom is -0.487 e. The molecule has 0 atom stereocenters. The zero-order chi connectivity index (χ0) is 15.4. The lowest BCUT2D eigenvalue weighted by molar-refractivity contribution is 0.102. The summed E-state index contributed by atoms with van der Waals surface area (Å²) in [7, 11) is 0. The molecule has 0 spiro atoms. The number of hydrogen-bond acceptors (Lipinski definition) is 4. The van der Waals surface area contributed by atoms with Crippen LogP contribution in [-0.2, 0) is 0 Å². The first kappa shape index (κ1) is 16.4. The zero-order valence-corrected chi connectivity index (χ0v) is 15.4. The quantitative estimate of drug-likeness (QED) is 0.671. The Morgan fingerprint density at radius 3 is 2.52 bits per heavy atom. The van der Waals surface area contributed by atoms with E-state index in [-0.39, 0.29) is 12.5 Å². The van der Waals surface area contributed by atoms with Crippen molar-refractivity contribution in [2.45, 2.75) is 0 Å². The molecule has 0 bridgehead atoms. The third-order valence-corrected chi connectivity index (χ3v) is 4.85.